The fourth-order valence-electron chi connectivity index (χ4n) is 3.33. The zero-order chi connectivity index (χ0) is 17.3. The van der Waals surface area contributed by atoms with Crippen molar-refractivity contribution >= 4 is 29.9 Å². The summed E-state index contributed by atoms with van der Waals surface area (Å²) in [5.41, 5.74) is 1.52. The average molecular weight is 457 g/mol. The summed E-state index contributed by atoms with van der Waals surface area (Å²) in [7, 11) is 3.95. The second-order valence-corrected chi connectivity index (χ2v) is 6.51. The number of allylic oxidation sites excluding steroid dienone is 1. The molecule has 0 radical (unpaired) electrons. The van der Waals surface area contributed by atoms with E-state index in [1.54, 1.807) is 0 Å². The third kappa shape index (κ3) is 6.29. The summed E-state index contributed by atoms with van der Waals surface area (Å²) in [5, 5.41) is 3.60. The number of hydrogen-bond acceptors (Lipinski definition) is 2. The van der Waals surface area contributed by atoms with Gasteiger partial charge in [-0.15, -0.1) is 30.6 Å². The van der Waals surface area contributed by atoms with E-state index in [-0.39, 0.29) is 29.4 Å². The molecule has 0 spiro atoms. The maximum Gasteiger partial charge on any atom is 0.193 e. The fourth-order valence-corrected chi connectivity index (χ4v) is 3.33. The lowest BCUT2D eigenvalue weighted by molar-refractivity contribution is 0.0512. The van der Waals surface area contributed by atoms with Crippen molar-refractivity contribution in [3.63, 3.8) is 0 Å². The first-order valence-electron chi connectivity index (χ1n) is 8.88. The predicted octanol–water partition coefficient (Wildman–Crippen LogP) is 3.83. The van der Waals surface area contributed by atoms with Gasteiger partial charge in [-0.2, -0.15) is 0 Å². The molecule has 0 aliphatic carbocycles. The van der Waals surface area contributed by atoms with Crippen LogP contribution in [0.2, 0.25) is 0 Å². The molecule has 0 atom stereocenters. The van der Waals surface area contributed by atoms with Gasteiger partial charge in [-0.1, -0.05) is 36.4 Å². The van der Waals surface area contributed by atoms with E-state index < -0.39 is 0 Å². The van der Waals surface area contributed by atoms with Gasteiger partial charge >= 0.3 is 0 Å². The van der Waals surface area contributed by atoms with Crippen LogP contribution in [0.5, 0.6) is 0 Å². The van der Waals surface area contributed by atoms with E-state index in [0.29, 0.717) is 0 Å². The second-order valence-electron chi connectivity index (χ2n) is 6.51. The first-order chi connectivity index (χ1) is 11.7. The van der Waals surface area contributed by atoms with Crippen molar-refractivity contribution in [1.29, 1.82) is 0 Å². The van der Waals surface area contributed by atoms with Crippen LogP contribution in [0.25, 0.3) is 0 Å². The van der Waals surface area contributed by atoms with Gasteiger partial charge in [0.25, 0.3) is 0 Å². The lowest BCUT2D eigenvalue weighted by Gasteiger charge is -2.39. The molecule has 1 aliphatic heterocycles. The van der Waals surface area contributed by atoms with Crippen molar-refractivity contribution in [3.05, 3.63) is 48.6 Å². The molecule has 5 heteroatoms. The Morgan fingerprint density at radius 2 is 2.00 bits per heavy atom. The topological polar surface area (TPSA) is 36.9 Å². The van der Waals surface area contributed by atoms with Gasteiger partial charge in [0.2, 0.25) is 0 Å². The van der Waals surface area contributed by atoms with E-state index in [4.69, 9.17) is 4.74 Å². The van der Waals surface area contributed by atoms with Crippen LogP contribution in [-0.2, 0) is 10.2 Å². The first kappa shape index (κ1) is 22.0. The number of guanidine groups is 1. The molecule has 1 aromatic rings. The molecule has 1 N–H and O–H groups in total. The molecule has 1 heterocycles. The Labute approximate surface area is 169 Å². The Hall–Kier alpha value is -1.08. The van der Waals surface area contributed by atoms with Crippen LogP contribution in [0.1, 0.15) is 31.2 Å². The standard InChI is InChI=1S/C20H31N3O.HI/c1-4-5-9-14-23(3)19(21-2)22-17-20(12-15-24-16-13-20)18-10-7-6-8-11-18;/h4,6-8,10-11H,1,5,9,12-17H2,2-3H3,(H,21,22);1H. The largest absolute Gasteiger partial charge is 0.381 e. The molecule has 2 rings (SSSR count). The highest BCUT2D eigenvalue weighted by atomic mass is 127. The van der Waals surface area contributed by atoms with Gasteiger partial charge in [0.15, 0.2) is 5.96 Å². The maximum atomic E-state index is 5.61. The van der Waals surface area contributed by atoms with Gasteiger partial charge in [0.1, 0.15) is 0 Å². The van der Waals surface area contributed by atoms with Crippen molar-refractivity contribution in [3.8, 4) is 0 Å². The van der Waals surface area contributed by atoms with Gasteiger partial charge < -0.3 is 15.0 Å². The molecule has 1 saturated heterocycles. The summed E-state index contributed by atoms with van der Waals surface area (Å²) in [6.45, 7) is 7.30. The average Bonchev–Trinajstić information content (AvgIpc) is 2.64. The zero-order valence-corrected chi connectivity index (χ0v) is 17.9. The number of rotatable bonds is 7. The minimum absolute atomic E-state index is 0. The van der Waals surface area contributed by atoms with Crippen LogP contribution in [0.15, 0.2) is 48.0 Å². The second kappa shape index (κ2) is 11.5. The number of unbranched alkanes of at least 4 members (excludes halogenated alkanes) is 1. The third-order valence-electron chi connectivity index (χ3n) is 4.90. The molecular formula is C20H32IN3O. The quantitative estimate of drug-likeness (QED) is 0.222. The molecule has 1 aromatic carbocycles. The van der Waals surface area contributed by atoms with Gasteiger partial charge in [-0.05, 0) is 31.2 Å². The fraction of sp³-hybridized carbons (Fsp3) is 0.550. The van der Waals surface area contributed by atoms with Gasteiger partial charge in [0.05, 0.1) is 0 Å². The van der Waals surface area contributed by atoms with Crippen LogP contribution in [0.4, 0.5) is 0 Å². The van der Waals surface area contributed by atoms with Crippen LogP contribution in [0, 0.1) is 0 Å². The molecule has 0 bridgehead atoms. The minimum atomic E-state index is 0. The van der Waals surface area contributed by atoms with Crippen LogP contribution in [-0.4, -0.2) is 51.3 Å². The molecule has 1 fully saturated rings. The van der Waals surface area contributed by atoms with Crippen molar-refractivity contribution in [1.82, 2.24) is 10.2 Å². The molecule has 0 saturated carbocycles. The first-order valence-corrected chi connectivity index (χ1v) is 8.88. The zero-order valence-electron chi connectivity index (χ0n) is 15.5. The highest BCUT2D eigenvalue weighted by Crippen LogP contribution is 2.34. The summed E-state index contributed by atoms with van der Waals surface area (Å²) in [6.07, 6.45) is 6.18. The van der Waals surface area contributed by atoms with Crippen LogP contribution < -0.4 is 5.32 Å². The summed E-state index contributed by atoms with van der Waals surface area (Å²) in [6, 6.07) is 10.8. The maximum absolute atomic E-state index is 5.61. The molecule has 140 valence electrons. The number of aliphatic imine (C=N–C) groups is 1. The minimum Gasteiger partial charge on any atom is -0.381 e. The molecule has 0 aromatic heterocycles. The van der Waals surface area contributed by atoms with E-state index in [2.05, 4.69) is 59.2 Å². The highest BCUT2D eigenvalue weighted by molar-refractivity contribution is 14.0. The Balaban J connectivity index is 0.00000312. The molecule has 1 aliphatic rings. The SMILES string of the molecule is C=CCCCN(C)C(=NC)NCC1(c2ccccc2)CCOCC1.I. The lowest BCUT2D eigenvalue weighted by atomic mass is 9.74. The Bertz CT molecular complexity index is 527. The normalized spacial score (nSPS) is 16.6. The monoisotopic (exact) mass is 457 g/mol. The number of nitrogens with zero attached hydrogens (tertiary/aromatic N) is 2. The molecule has 25 heavy (non-hydrogen) atoms. The van der Waals surface area contributed by atoms with Gasteiger partial charge in [-0.3, -0.25) is 4.99 Å². The molecular weight excluding hydrogens is 425 g/mol. The van der Waals surface area contributed by atoms with Gasteiger partial charge in [0, 0.05) is 45.8 Å². The number of hydrogen-bond donors (Lipinski definition) is 1. The van der Waals surface area contributed by atoms with E-state index in [1.807, 2.05) is 13.1 Å². The Morgan fingerprint density at radius 3 is 2.60 bits per heavy atom. The van der Waals surface area contributed by atoms with Crippen LogP contribution >= 0.6 is 24.0 Å². The Kier molecular flexibility index (Phi) is 10.1. The Morgan fingerprint density at radius 1 is 1.32 bits per heavy atom. The van der Waals surface area contributed by atoms with E-state index >= 15 is 0 Å². The number of halogens is 1. The van der Waals surface area contributed by atoms with E-state index in [9.17, 15) is 0 Å². The smallest absolute Gasteiger partial charge is 0.193 e. The number of benzene rings is 1. The summed E-state index contributed by atoms with van der Waals surface area (Å²) < 4.78 is 5.61. The number of nitrogens with one attached hydrogen (secondary N) is 1. The highest BCUT2D eigenvalue weighted by Gasteiger charge is 2.34. The lowest BCUT2D eigenvalue weighted by Crippen LogP contribution is -2.48. The van der Waals surface area contributed by atoms with Gasteiger partial charge in [-0.25, -0.2) is 0 Å². The molecule has 4 nitrogen and oxygen atoms in total. The summed E-state index contributed by atoms with van der Waals surface area (Å²) in [4.78, 5) is 6.65. The van der Waals surface area contributed by atoms with Crippen molar-refractivity contribution in [2.24, 2.45) is 4.99 Å². The summed E-state index contributed by atoms with van der Waals surface area (Å²) in [5.74, 6) is 0.959. The van der Waals surface area contributed by atoms with Crippen LogP contribution in [0.3, 0.4) is 0 Å². The molecule has 0 unspecified atom stereocenters. The summed E-state index contributed by atoms with van der Waals surface area (Å²) >= 11 is 0. The van der Waals surface area contributed by atoms with E-state index in [0.717, 1.165) is 57.9 Å². The third-order valence-corrected chi connectivity index (χ3v) is 4.90. The van der Waals surface area contributed by atoms with E-state index in [1.165, 1.54) is 5.56 Å². The number of ether oxygens (including phenoxy) is 1. The molecule has 0 amide bonds. The van der Waals surface area contributed by atoms with Crippen molar-refractivity contribution in [2.75, 3.05) is 40.4 Å². The van der Waals surface area contributed by atoms with Crippen molar-refractivity contribution < 1.29 is 4.74 Å². The predicted molar refractivity (Wildman–Crippen MR) is 117 cm³/mol. The van der Waals surface area contributed by atoms with Crippen molar-refractivity contribution in [2.45, 2.75) is 31.1 Å².